The van der Waals surface area contributed by atoms with E-state index in [1.807, 2.05) is 19.1 Å². The van der Waals surface area contributed by atoms with Gasteiger partial charge in [0.1, 0.15) is 23.0 Å². The van der Waals surface area contributed by atoms with Crippen molar-refractivity contribution in [2.75, 3.05) is 6.61 Å². The maximum Gasteiger partial charge on any atom is 0.322 e. The van der Waals surface area contributed by atoms with Gasteiger partial charge in [-0.25, -0.2) is 4.98 Å². The number of nitrogens with zero attached hydrogens (tertiary/aromatic N) is 2. The summed E-state index contributed by atoms with van der Waals surface area (Å²) in [5.41, 5.74) is 5.68. The van der Waals surface area contributed by atoms with Crippen LogP contribution in [0, 0.1) is 5.41 Å². The molecule has 1 aromatic carbocycles. The highest BCUT2D eigenvalue weighted by Gasteiger charge is 2.05. The molecule has 0 spiro atoms. The molecule has 0 radical (unpaired) electrons. The third kappa shape index (κ3) is 3.41. The third-order valence-electron chi connectivity index (χ3n) is 2.24. The zero-order valence-corrected chi connectivity index (χ0v) is 10.5. The quantitative estimate of drug-likeness (QED) is 0.631. The first-order valence-corrected chi connectivity index (χ1v) is 5.77. The van der Waals surface area contributed by atoms with Gasteiger partial charge in [-0.05, 0) is 25.1 Å². The fourth-order valence-electron chi connectivity index (χ4n) is 1.44. The molecule has 3 N–H and O–H groups in total. The number of rotatable bonds is 5. The van der Waals surface area contributed by atoms with Crippen molar-refractivity contribution in [1.29, 1.82) is 5.41 Å². The van der Waals surface area contributed by atoms with E-state index in [1.54, 1.807) is 18.2 Å². The van der Waals surface area contributed by atoms with Gasteiger partial charge in [-0.15, -0.1) is 0 Å². The number of nitrogens with one attached hydrogen (secondary N) is 1. The molecular formula is C13H14N4O2. The molecule has 0 bridgehead atoms. The number of aromatic nitrogens is 2. The summed E-state index contributed by atoms with van der Waals surface area (Å²) < 4.78 is 10.9. The molecule has 0 saturated heterocycles. The number of hydrogen-bond acceptors (Lipinski definition) is 5. The zero-order valence-electron chi connectivity index (χ0n) is 10.5. The predicted molar refractivity (Wildman–Crippen MR) is 70.7 cm³/mol. The van der Waals surface area contributed by atoms with Crippen molar-refractivity contribution in [1.82, 2.24) is 9.97 Å². The Bertz CT molecular complexity index is 586. The molecule has 1 heterocycles. The number of ether oxygens (including phenoxy) is 2. The molecule has 6 heteroatoms. The molecule has 0 fully saturated rings. The summed E-state index contributed by atoms with van der Waals surface area (Å²) in [7, 11) is 0. The van der Waals surface area contributed by atoms with Crippen molar-refractivity contribution < 1.29 is 9.47 Å². The van der Waals surface area contributed by atoms with Gasteiger partial charge in [-0.1, -0.05) is 6.07 Å². The van der Waals surface area contributed by atoms with Crippen molar-refractivity contribution in [2.45, 2.75) is 6.92 Å². The van der Waals surface area contributed by atoms with Crippen LogP contribution in [0.5, 0.6) is 17.5 Å². The predicted octanol–water partition coefficient (Wildman–Crippen LogP) is 1.95. The summed E-state index contributed by atoms with van der Waals surface area (Å²) >= 11 is 0. The van der Waals surface area contributed by atoms with E-state index >= 15 is 0 Å². The summed E-state index contributed by atoms with van der Waals surface area (Å²) in [4.78, 5) is 7.99. The number of benzene rings is 1. The van der Waals surface area contributed by atoms with Crippen LogP contribution in [0.25, 0.3) is 0 Å². The van der Waals surface area contributed by atoms with Crippen molar-refractivity contribution in [3.05, 3.63) is 42.2 Å². The van der Waals surface area contributed by atoms with Gasteiger partial charge in [-0.2, -0.15) is 4.98 Å². The van der Waals surface area contributed by atoms with Crippen LogP contribution in [0.2, 0.25) is 0 Å². The Morgan fingerprint density at radius 2 is 2.11 bits per heavy atom. The van der Waals surface area contributed by atoms with Gasteiger partial charge < -0.3 is 15.2 Å². The van der Waals surface area contributed by atoms with Crippen molar-refractivity contribution >= 4 is 5.84 Å². The minimum atomic E-state index is -0.129. The highest BCUT2D eigenvalue weighted by Crippen LogP contribution is 2.22. The Balaban J connectivity index is 2.18. The molecule has 6 nitrogen and oxygen atoms in total. The van der Waals surface area contributed by atoms with Crippen LogP contribution in [0.3, 0.4) is 0 Å². The Kier molecular flexibility index (Phi) is 3.92. The normalized spacial score (nSPS) is 9.95. The molecule has 0 aliphatic carbocycles. The molecule has 0 aliphatic rings. The van der Waals surface area contributed by atoms with E-state index < -0.39 is 0 Å². The number of nitrogens with two attached hydrogens (primary N) is 1. The van der Waals surface area contributed by atoms with Gasteiger partial charge >= 0.3 is 6.01 Å². The van der Waals surface area contributed by atoms with Crippen molar-refractivity contribution in [3.8, 4) is 17.5 Å². The van der Waals surface area contributed by atoms with Gasteiger partial charge in [0.05, 0.1) is 6.61 Å². The summed E-state index contributed by atoms with van der Waals surface area (Å²) in [5.74, 6) is 1.14. The van der Waals surface area contributed by atoms with Crippen molar-refractivity contribution in [3.63, 3.8) is 0 Å². The smallest absolute Gasteiger partial charge is 0.322 e. The number of nitrogen functional groups attached to an aromatic ring is 1. The van der Waals surface area contributed by atoms with Crippen LogP contribution in [-0.2, 0) is 0 Å². The average Bonchev–Trinajstić information content (AvgIpc) is 2.40. The highest BCUT2D eigenvalue weighted by atomic mass is 16.5. The van der Waals surface area contributed by atoms with Gasteiger partial charge in [0.25, 0.3) is 0 Å². The van der Waals surface area contributed by atoms with Crippen LogP contribution in [0.1, 0.15) is 12.6 Å². The topological polar surface area (TPSA) is 94.1 Å². The van der Waals surface area contributed by atoms with E-state index in [4.69, 9.17) is 20.6 Å². The monoisotopic (exact) mass is 258 g/mol. The molecule has 19 heavy (non-hydrogen) atoms. The highest BCUT2D eigenvalue weighted by molar-refractivity contribution is 5.92. The van der Waals surface area contributed by atoms with Crippen LogP contribution < -0.4 is 15.2 Å². The molecule has 0 unspecified atom stereocenters. The van der Waals surface area contributed by atoms with Crippen LogP contribution in [-0.4, -0.2) is 22.4 Å². The van der Waals surface area contributed by atoms with Gasteiger partial charge in [0.2, 0.25) is 0 Å². The minimum Gasteiger partial charge on any atom is -0.494 e. The summed E-state index contributed by atoms with van der Waals surface area (Å²) in [6.07, 6.45) is 1.49. The fourth-order valence-corrected chi connectivity index (χ4v) is 1.44. The number of amidine groups is 1. The molecule has 0 saturated carbocycles. The molecule has 1 aromatic heterocycles. The van der Waals surface area contributed by atoms with E-state index in [-0.39, 0.29) is 11.8 Å². The van der Waals surface area contributed by atoms with Crippen LogP contribution >= 0.6 is 0 Å². The van der Waals surface area contributed by atoms with Crippen LogP contribution in [0.15, 0.2) is 36.5 Å². The van der Waals surface area contributed by atoms with E-state index in [0.29, 0.717) is 23.8 Å². The molecule has 0 aliphatic heterocycles. The number of hydrogen-bond donors (Lipinski definition) is 2. The fraction of sp³-hybridized carbons (Fsp3) is 0.154. The first-order chi connectivity index (χ1) is 9.19. The Morgan fingerprint density at radius 1 is 1.32 bits per heavy atom. The lowest BCUT2D eigenvalue weighted by atomic mass is 10.3. The van der Waals surface area contributed by atoms with E-state index in [1.165, 1.54) is 6.20 Å². The van der Waals surface area contributed by atoms with Gasteiger partial charge in [-0.3, -0.25) is 5.41 Å². The maximum atomic E-state index is 7.31. The summed E-state index contributed by atoms with van der Waals surface area (Å²) in [6.45, 7) is 2.49. The maximum absolute atomic E-state index is 7.31. The Labute approximate surface area is 110 Å². The first kappa shape index (κ1) is 12.8. The third-order valence-corrected chi connectivity index (χ3v) is 2.24. The second-order valence-electron chi connectivity index (χ2n) is 3.65. The molecule has 2 rings (SSSR count). The Morgan fingerprint density at radius 3 is 2.84 bits per heavy atom. The van der Waals surface area contributed by atoms with Crippen molar-refractivity contribution in [2.24, 2.45) is 5.73 Å². The van der Waals surface area contributed by atoms with E-state index in [0.717, 1.165) is 0 Å². The van der Waals surface area contributed by atoms with Gasteiger partial charge in [0.15, 0.2) is 0 Å². The molecule has 2 aromatic rings. The zero-order chi connectivity index (χ0) is 13.7. The van der Waals surface area contributed by atoms with Crippen LogP contribution in [0.4, 0.5) is 0 Å². The lowest BCUT2D eigenvalue weighted by Gasteiger charge is -2.07. The Hall–Kier alpha value is -2.63. The van der Waals surface area contributed by atoms with E-state index in [9.17, 15) is 0 Å². The van der Waals surface area contributed by atoms with Gasteiger partial charge in [0, 0.05) is 12.3 Å². The first-order valence-electron chi connectivity index (χ1n) is 5.77. The largest absolute Gasteiger partial charge is 0.494 e. The molecule has 0 amide bonds. The second kappa shape index (κ2) is 5.81. The SMILES string of the molecule is CCOc1cccc(Oc2nccc(C(=N)N)n2)c1. The standard InChI is InChI=1S/C13H14N4O2/c1-2-18-9-4-3-5-10(8-9)19-13-16-7-6-11(17-13)12(14)15/h3-8H,2H2,1H3,(H3,14,15). The molecule has 0 atom stereocenters. The summed E-state index contributed by atoms with van der Waals surface area (Å²) in [5, 5.41) is 7.31. The average molecular weight is 258 g/mol. The second-order valence-corrected chi connectivity index (χ2v) is 3.65. The molecule has 98 valence electrons. The lowest BCUT2D eigenvalue weighted by molar-refractivity contribution is 0.337. The minimum absolute atomic E-state index is 0.129. The summed E-state index contributed by atoms with van der Waals surface area (Å²) in [6, 6.07) is 8.85. The molecular weight excluding hydrogens is 244 g/mol. The van der Waals surface area contributed by atoms with E-state index in [2.05, 4.69) is 9.97 Å². The lowest BCUT2D eigenvalue weighted by Crippen LogP contribution is -2.13.